The van der Waals surface area contributed by atoms with E-state index in [1.54, 1.807) is 0 Å². The van der Waals surface area contributed by atoms with Gasteiger partial charge < -0.3 is 10.5 Å². The van der Waals surface area contributed by atoms with Crippen LogP contribution in [0.25, 0.3) is 5.57 Å². The highest BCUT2D eigenvalue weighted by Crippen LogP contribution is 2.46. The van der Waals surface area contributed by atoms with E-state index in [1.807, 2.05) is 75.4 Å². The average Bonchev–Trinajstić information content (AvgIpc) is 2.81. The Morgan fingerprint density at radius 3 is 2.42 bits per heavy atom. The lowest BCUT2D eigenvalue weighted by Crippen LogP contribution is -2.23. The molecule has 124 valence electrons. The van der Waals surface area contributed by atoms with Crippen LogP contribution in [0.2, 0.25) is 0 Å². The summed E-state index contributed by atoms with van der Waals surface area (Å²) in [5, 5.41) is 0.301. The molecule has 0 saturated heterocycles. The second-order valence-electron chi connectivity index (χ2n) is 6.75. The topological polar surface area (TPSA) is 52.3 Å². The van der Waals surface area contributed by atoms with Crippen LogP contribution in [0.15, 0.2) is 59.6 Å². The van der Waals surface area contributed by atoms with Gasteiger partial charge in [0.2, 0.25) is 0 Å². The van der Waals surface area contributed by atoms with Crippen LogP contribution in [0.3, 0.4) is 0 Å². The number of benzene rings is 2. The molecular weight excluding hydrogens is 318 g/mol. The molecule has 4 heteroatoms. The molecule has 3 rings (SSSR count). The molecule has 0 bridgehead atoms. The smallest absolute Gasteiger partial charge is 0.183 e. The Hall–Kier alpha value is -2.20. The lowest BCUT2D eigenvalue weighted by Gasteiger charge is -2.21. The van der Waals surface area contributed by atoms with E-state index in [4.69, 9.17) is 10.5 Å². The second kappa shape index (κ2) is 6.36. The summed E-state index contributed by atoms with van der Waals surface area (Å²) >= 11 is 1.42. The Bertz CT molecular complexity index is 791. The zero-order chi connectivity index (χ0) is 17.3. The summed E-state index contributed by atoms with van der Waals surface area (Å²) in [5.74, 6) is 0.790. The number of hydrogen-bond acceptors (Lipinski definition) is 4. The van der Waals surface area contributed by atoms with Gasteiger partial charge in [0, 0.05) is 0 Å². The first-order valence-electron chi connectivity index (χ1n) is 7.90. The fraction of sp³-hybridized carbons (Fsp3) is 0.250. The summed E-state index contributed by atoms with van der Waals surface area (Å²) in [7, 11) is 0. The molecule has 1 aliphatic rings. The SMILES string of the molecule is CC(C)(C)Oc1cccc(C2=C(N)SC(c3ccccc3)C2=O)c1. The highest BCUT2D eigenvalue weighted by atomic mass is 32.2. The monoisotopic (exact) mass is 339 g/mol. The largest absolute Gasteiger partial charge is 0.488 e. The molecule has 0 spiro atoms. The van der Waals surface area contributed by atoms with Crippen LogP contribution in [0.4, 0.5) is 0 Å². The summed E-state index contributed by atoms with van der Waals surface area (Å²) in [5.41, 5.74) is 8.28. The van der Waals surface area contributed by atoms with Crippen molar-refractivity contribution in [3.63, 3.8) is 0 Å². The van der Waals surface area contributed by atoms with Gasteiger partial charge in [-0.25, -0.2) is 0 Å². The molecule has 0 saturated carbocycles. The van der Waals surface area contributed by atoms with Crippen LogP contribution < -0.4 is 10.5 Å². The van der Waals surface area contributed by atoms with E-state index in [0.717, 1.165) is 16.9 Å². The molecule has 1 heterocycles. The highest BCUT2D eigenvalue weighted by molar-refractivity contribution is 8.04. The fourth-order valence-electron chi connectivity index (χ4n) is 2.69. The number of ketones is 1. The number of nitrogens with two attached hydrogens (primary N) is 1. The van der Waals surface area contributed by atoms with Crippen molar-refractivity contribution in [2.24, 2.45) is 5.73 Å². The zero-order valence-corrected chi connectivity index (χ0v) is 14.9. The first-order valence-corrected chi connectivity index (χ1v) is 8.78. The molecule has 3 nitrogen and oxygen atoms in total. The Morgan fingerprint density at radius 2 is 1.75 bits per heavy atom. The second-order valence-corrected chi connectivity index (χ2v) is 7.90. The van der Waals surface area contributed by atoms with Gasteiger partial charge in [0.05, 0.1) is 15.9 Å². The van der Waals surface area contributed by atoms with Crippen molar-refractivity contribution in [3.8, 4) is 5.75 Å². The number of carbonyl (C=O) groups excluding carboxylic acids is 1. The summed E-state index contributed by atoms with van der Waals surface area (Å²) in [6.07, 6.45) is 0. The summed E-state index contributed by atoms with van der Waals surface area (Å²) in [6, 6.07) is 17.3. The van der Waals surface area contributed by atoms with Crippen LogP contribution in [-0.2, 0) is 4.79 Å². The van der Waals surface area contributed by atoms with E-state index in [0.29, 0.717) is 10.6 Å². The third-order valence-electron chi connectivity index (χ3n) is 3.62. The predicted octanol–water partition coefficient (Wildman–Crippen LogP) is 4.55. The zero-order valence-electron chi connectivity index (χ0n) is 14.1. The third-order valence-corrected chi connectivity index (χ3v) is 4.80. The third kappa shape index (κ3) is 3.49. The molecule has 2 aromatic rings. The molecule has 1 unspecified atom stereocenters. The van der Waals surface area contributed by atoms with Gasteiger partial charge in [-0.3, -0.25) is 4.79 Å². The van der Waals surface area contributed by atoms with Gasteiger partial charge in [-0.2, -0.15) is 0 Å². The van der Waals surface area contributed by atoms with Crippen LogP contribution >= 0.6 is 11.8 Å². The van der Waals surface area contributed by atoms with Gasteiger partial charge >= 0.3 is 0 Å². The van der Waals surface area contributed by atoms with Crippen molar-refractivity contribution >= 4 is 23.1 Å². The van der Waals surface area contributed by atoms with E-state index >= 15 is 0 Å². The maximum atomic E-state index is 12.9. The van der Waals surface area contributed by atoms with E-state index in [-0.39, 0.29) is 16.6 Å². The van der Waals surface area contributed by atoms with E-state index in [9.17, 15) is 4.79 Å². The lowest BCUT2D eigenvalue weighted by atomic mass is 9.97. The summed E-state index contributed by atoms with van der Waals surface area (Å²) in [6.45, 7) is 5.99. The first kappa shape index (κ1) is 16.7. The van der Waals surface area contributed by atoms with Crippen LogP contribution in [0.1, 0.15) is 37.1 Å². The number of ether oxygens (including phenoxy) is 1. The Labute approximate surface area is 146 Å². The normalized spacial score (nSPS) is 18.1. The molecule has 2 aromatic carbocycles. The van der Waals surface area contributed by atoms with Gasteiger partial charge in [0.15, 0.2) is 5.78 Å². The molecular formula is C20H21NO2S. The predicted molar refractivity (Wildman–Crippen MR) is 99.7 cm³/mol. The number of rotatable bonds is 3. The number of thioether (sulfide) groups is 1. The molecule has 24 heavy (non-hydrogen) atoms. The minimum atomic E-state index is -0.292. The quantitative estimate of drug-likeness (QED) is 0.891. The van der Waals surface area contributed by atoms with Crippen molar-refractivity contribution in [3.05, 3.63) is 70.8 Å². The number of Topliss-reactive ketones (excluding diaryl/α,β-unsaturated/α-hetero) is 1. The van der Waals surface area contributed by atoms with Crippen molar-refractivity contribution < 1.29 is 9.53 Å². The standard InChI is InChI=1S/C20H21NO2S/c1-20(2,3)23-15-11-7-10-14(12-15)16-17(22)18(24-19(16)21)13-8-5-4-6-9-13/h4-12,18H,21H2,1-3H3. The van der Waals surface area contributed by atoms with Crippen molar-refractivity contribution in [1.29, 1.82) is 0 Å². The number of hydrogen-bond donors (Lipinski definition) is 1. The van der Waals surface area contributed by atoms with Gasteiger partial charge in [0.1, 0.15) is 11.4 Å². The van der Waals surface area contributed by atoms with Crippen molar-refractivity contribution in [2.75, 3.05) is 0 Å². The molecule has 0 amide bonds. The van der Waals surface area contributed by atoms with Gasteiger partial charge in [0.25, 0.3) is 0 Å². The van der Waals surface area contributed by atoms with Gasteiger partial charge in [-0.15, -0.1) is 0 Å². The number of carbonyl (C=O) groups is 1. The number of allylic oxidation sites excluding steroid dienone is 1. The molecule has 0 radical (unpaired) electrons. The van der Waals surface area contributed by atoms with Crippen molar-refractivity contribution in [2.45, 2.75) is 31.6 Å². The maximum absolute atomic E-state index is 12.9. The minimum absolute atomic E-state index is 0.0524. The van der Waals surface area contributed by atoms with Crippen LogP contribution in [-0.4, -0.2) is 11.4 Å². The molecule has 0 fully saturated rings. The molecule has 0 aliphatic carbocycles. The Morgan fingerprint density at radius 1 is 1.04 bits per heavy atom. The Kier molecular flexibility index (Phi) is 4.41. The first-order chi connectivity index (χ1) is 11.3. The molecule has 0 aromatic heterocycles. The minimum Gasteiger partial charge on any atom is -0.488 e. The lowest BCUT2D eigenvalue weighted by molar-refractivity contribution is -0.113. The van der Waals surface area contributed by atoms with E-state index in [2.05, 4.69) is 0 Å². The molecule has 2 N–H and O–H groups in total. The summed E-state index contributed by atoms with van der Waals surface area (Å²) in [4.78, 5) is 12.9. The van der Waals surface area contributed by atoms with E-state index < -0.39 is 0 Å². The maximum Gasteiger partial charge on any atom is 0.183 e. The van der Waals surface area contributed by atoms with Crippen LogP contribution in [0.5, 0.6) is 5.75 Å². The average molecular weight is 339 g/mol. The van der Waals surface area contributed by atoms with E-state index in [1.165, 1.54) is 11.8 Å². The molecule has 1 atom stereocenters. The fourth-order valence-corrected chi connectivity index (χ4v) is 3.80. The summed E-state index contributed by atoms with van der Waals surface area (Å²) < 4.78 is 5.90. The van der Waals surface area contributed by atoms with Gasteiger partial charge in [-0.05, 0) is 44.0 Å². The van der Waals surface area contributed by atoms with Crippen molar-refractivity contribution in [1.82, 2.24) is 0 Å². The Balaban J connectivity index is 1.91. The molecule has 1 aliphatic heterocycles. The highest BCUT2D eigenvalue weighted by Gasteiger charge is 2.34. The van der Waals surface area contributed by atoms with Gasteiger partial charge in [-0.1, -0.05) is 54.2 Å². The van der Waals surface area contributed by atoms with Crippen LogP contribution in [0, 0.1) is 0 Å².